The van der Waals surface area contributed by atoms with Crippen molar-refractivity contribution in [3.05, 3.63) is 17.4 Å². The predicted molar refractivity (Wildman–Crippen MR) is 59.3 cm³/mol. The molecule has 0 fully saturated rings. The van der Waals surface area contributed by atoms with Crippen molar-refractivity contribution in [2.24, 2.45) is 0 Å². The molecule has 0 saturated heterocycles. The Morgan fingerprint density at radius 1 is 1.40 bits per heavy atom. The summed E-state index contributed by atoms with van der Waals surface area (Å²) in [5.41, 5.74) is 0.372. The lowest BCUT2D eigenvalue weighted by atomic mass is 10.2. The number of hydrogen-bond acceptors (Lipinski definition) is 3. The van der Waals surface area contributed by atoms with Crippen LogP contribution < -0.4 is 4.74 Å². The summed E-state index contributed by atoms with van der Waals surface area (Å²) in [6.45, 7) is 5.94. The van der Waals surface area contributed by atoms with Gasteiger partial charge in [0.15, 0.2) is 5.65 Å². The third kappa shape index (κ3) is 2.21. The molecule has 5 heteroatoms. The van der Waals surface area contributed by atoms with Gasteiger partial charge in [0, 0.05) is 6.07 Å². The highest BCUT2D eigenvalue weighted by molar-refractivity contribution is 6.30. The van der Waals surface area contributed by atoms with Crippen molar-refractivity contribution < 1.29 is 4.74 Å². The molecule has 2 heterocycles. The molecule has 0 saturated carbocycles. The van der Waals surface area contributed by atoms with Crippen molar-refractivity contribution in [3.63, 3.8) is 0 Å². The second-order valence-electron chi connectivity index (χ2n) is 4.29. The Morgan fingerprint density at radius 3 is 2.80 bits per heavy atom. The fourth-order valence-electron chi connectivity index (χ4n) is 1.28. The van der Waals surface area contributed by atoms with Gasteiger partial charge in [-0.05, 0) is 20.8 Å². The second-order valence-corrected chi connectivity index (χ2v) is 4.68. The molecule has 0 aromatic carbocycles. The topological polar surface area (TPSA) is 50.8 Å². The first-order chi connectivity index (χ1) is 6.96. The molecule has 80 valence electrons. The number of halogens is 1. The average Bonchev–Trinajstić information content (AvgIpc) is 2.48. The SMILES string of the molecule is CC(C)(C)Oc1cc(Cl)nc2[nH]ncc12. The lowest BCUT2D eigenvalue weighted by Crippen LogP contribution is -2.23. The van der Waals surface area contributed by atoms with Gasteiger partial charge in [-0.15, -0.1) is 0 Å². The molecular weight excluding hydrogens is 214 g/mol. The summed E-state index contributed by atoms with van der Waals surface area (Å²) in [4.78, 5) is 4.09. The lowest BCUT2D eigenvalue weighted by molar-refractivity contribution is 0.133. The normalized spacial score (nSPS) is 12.0. The van der Waals surface area contributed by atoms with Gasteiger partial charge in [0.05, 0.1) is 11.6 Å². The van der Waals surface area contributed by atoms with Crippen LogP contribution in [0.2, 0.25) is 5.15 Å². The van der Waals surface area contributed by atoms with Crippen LogP contribution in [-0.2, 0) is 0 Å². The molecule has 0 unspecified atom stereocenters. The van der Waals surface area contributed by atoms with E-state index in [0.29, 0.717) is 16.5 Å². The molecule has 0 aliphatic carbocycles. The number of pyridine rings is 1. The van der Waals surface area contributed by atoms with Gasteiger partial charge in [0.2, 0.25) is 0 Å². The third-order valence-corrected chi connectivity index (χ3v) is 1.96. The highest BCUT2D eigenvalue weighted by atomic mass is 35.5. The van der Waals surface area contributed by atoms with Crippen molar-refractivity contribution in [2.45, 2.75) is 26.4 Å². The quantitative estimate of drug-likeness (QED) is 0.760. The zero-order chi connectivity index (χ0) is 11.1. The Kier molecular flexibility index (Phi) is 2.31. The number of H-pyrrole nitrogens is 1. The van der Waals surface area contributed by atoms with Crippen molar-refractivity contribution >= 4 is 22.6 Å². The van der Waals surface area contributed by atoms with Gasteiger partial charge in [-0.1, -0.05) is 11.6 Å². The summed E-state index contributed by atoms with van der Waals surface area (Å²) < 4.78 is 5.77. The summed E-state index contributed by atoms with van der Waals surface area (Å²) in [7, 11) is 0. The molecule has 4 nitrogen and oxygen atoms in total. The van der Waals surface area contributed by atoms with Crippen LogP contribution in [0.25, 0.3) is 11.0 Å². The summed E-state index contributed by atoms with van der Waals surface area (Å²) in [5.74, 6) is 0.700. The zero-order valence-corrected chi connectivity index (χ0v) is 9.59. The monoisotopic (exact) mass is 225 g/mol. The Morgan fingerprint density at radius 2 is 2.13 bits per heavy atom. The number of nitrogens with zero attached hydrogens (tertiary/aromatic N) is 2. The molecule has 15 heavy (non-hydrogen) atoms. The van der Waals surface area contributed by atoms with Crippen LogP contribution in [0, 0.1) is 0 Å². The number of fused-ring (bicyclic) bond motifs is 1. The largest absolute Gasteiger partial charge is 0.487 e. The Bertz CT molecular complexity index is 487. The Balaban J connectivity index is 2.53. The van der Waals surface area contributed by atoms with Gasteiger partial charge < -0.3 is 4.74 Å². The van der Waals surface area contributed by atoms with Crippen molar-refractivity contribution in [2.75, 3.05) is 0 Å². The third-order valence-electron chi connectivity index (χ3n) is 1.77. The van der Waals surface area contributed by atoms with Gasteiger partial charge in [-0.25, -0.2) is 4.98 Å². The minimum atomic E-state index is -0.269. The summed E-state index contributed by atoms with van der Waals surface area (Å²) in [6, 6.07) is 1.70. The maximum Gasteiger partial charge on any atom is 0.160 e. The first-order valence-corrected chi connectivity index (χ1v) is 5.02. The minimum Gasteiger partial charge on any atom is -0.487 e. The molecule has 0 amide bonds. The highest BCUT2D eigenvalue weighted by Crippen LogP contribution is 2.28. The van der Waals surface area contributed by atoms with E-state index >= 15 is 0 Å². The smallest absolute Gasteiger partial charge is 0.160 e. The summed E-state index contributed by atoms with van der Waals surface area (Å²) in [6.07, 6.45) is 1.68. The first kappa shape index (κ1) is 10.2. The molecule has 1 N–H and O–H groups in total. The number of nitrogens with one attached hydrogen (secondary N) is 1. The number of ether oxygens (including phenoxy) is 1. The zero-order valence-electron chi connectivity index (χ0n) is 8.84. The molecule has 0 aliphatic rings. The van der Waals surface area contributed by atoms with E-state index in [9.17, 15) is 0 Å². The van der Waals surface area contributed by atoms with Crippen LogP contribution in [-0.4, -0.2) is 20.8 Å². The van der Waals surface area contributed by atoms with Crippen LogP contribution >= 0.6 is 11.6 Å². The van der Waals surface area contributed by atoms with Crippen molar-refractivity contribution in [1.29, 1.82) is 0 Å². The van der Waals surface area contributed by atoms with Crippen LogP contribution in [0.5, 0.6) is 5.75 Å². The maximum absolute atomic E-state index is 5.87. The van der Waals surface area contributed by atoms with Crippen LogP contribution in [0.3, 0.4) is 0 Å². The molecule has 0 atom stereocenters. The van der Waals surface area contributed by atoms with E-state index in [1.54, 1.807) is 12.3 Å². The maximum atomic E-state index is 5.87. The Hall–Kier alpha value is -1.29. The molecule has 2 aromatic rings. The van der Waals surface area contributed by atoms with Gasteiger partial charge in [-0.3, -0.25) is 5.10 Å². The molecule has 2 rings (SSSR count). The van der Waals surface area contributed by atoms with E-state index in [-0.39, 0.29) is 5.60 Å². The average molecular weight is 226 g/mol. The number of hydrogen-bond donors (Lipinski definition) is 1. The van der Waals surface area contributed by atoms with Crippen molar-refractivity contribution in [3.8, 4) is 5.75 Å². The molecule has 0 bridgehead atoms. The predicted octanol–water partition coefficient (Wildman–Crippen LogP) is 2.79. The highest BCUT2D eigenvalue weighted by Gasteiger charge is 2.15. The van der Waals surface area contributed by atoms with E-state index in [1.165, 1.54) is 0 Å². The molecule has 2 aromatic heterocycles. The minimum absolute atomic E-state index is 0.269. The molecule has 0 spiro atoms. The van der Waals surface area contributed by atoms with E-state index in [1.807, 2.05) is 20.8 Å². The van der Waals surface area contributed by atoms with Crippen LogP contribution in [0.15, 0.2) is 12.3 Å². The molecular formula is C10H12ClN3O. The van der Waals surface area contributed by atoms with E-state index in [4.69, 9.17) is 16.3 Å². The van der Waals surface area contributed by atoms with Gasteiger partial charge >= 0.3 is 0 Å². The summed E-state index contributed by atoms with van der Waals surface area (Å²) >= 11 is 5.87. The number of aromatic nitrogens is 3. The van der Waals surface area contributed by atoms with Crippen LogP contribution in [0.4, 0.5) is 0 Å². The fourth-order valence-corrected chi connectivity index (χ4v) is 1.47. The fraction of sp³-hybridized carbons (Fsp3) is 0.400. The van der Waals surface area contributed by atoms with E-state index in [0.717, 1.165) is 5.39 Å². The number of rotatable bonds is 1. The van der Waals surface area contributed by atoms with E-state index < -0.39 is 0 Å². The number of aromatic amines is 1. The Labute approximate surface area is 92.6 Å². The first-order valence-electron chi connectivity index (χ1n) is 4.64. The molecule has 0 aliphatic heterocycles. The van der Waals surface area contributed by atoms with Gasteiger partial charge in [0.25, 0.3) is 0 Å². The van der Waals surface area contributed by atoms with Gasteiger partial charge in [0.1, 0.15) is 16.5 Å². The standard InChI is InChI=1S/C10H12ClN3O/c1-10(2,3)15-7-4-8(11)13-9-6(7)5-12-14-9/h4-5H,1-3H3,(H,12,13,14). The lowest BCUT2D eigenvalue weighted by Gasteiger charge is -2.21. The molecule has 0 radical (unpaired) electrons. The van der Waals surface area contributed by atoms with Crippen molar-refractivity contribution in [1.82, 2.24) is 15.2 Å². The summed E-state index contributed by atoms with van der Waals surface area (Å²) in [5, 5.41) is 7.90. The van der Waals surface area contributed by atoms with Crippen LogP contribution in [0.1, 0.15) is 20.8 Å². The van der Waals surface area contributed by atoms with Gasteiger partial charge in [-0.2, -0.15) is 5.10 Å². The van der Waals surface area contributed by atoms with E-state index in [2.05, 4.69) is 15.2 Å². The second kappa shape index (κ2) is 3.38.